The second-order valence-electron chi connectivity index (χ2n) is 5.62. The van der Waals surface area contributed by atoms with Crippen LogP contribution in [0.2, 0.25) is 0 Å². The van der Waals surface area contributed by atoms with E-state index in [1.54, 1.807) is 12.1 Å². The molecule has 1 aromatic rings. The van der Waals surface area contributed by atoms with Crippen molar-refractivity contribution in [2.24, 2.45) is 0 Å². The Morgan fingerprint density at radius 1 is 1.29 bits per heavy atom. The van der Waals surface area contributed by atoms with Crippen LogP contribution < -0.4 is 15.4 Å². The van der Waals surface area contributed by atoms with Crippen LogP contribution >= 0.6 is 0 Å². The Morgan fingerprint density at radius 3 is 2.43 bits per heavy atom. The fourth-order valence-electron chi connectivity index (χ4n) is 2.74. The summed E-state index contributed by atoms with van der Waals surface area (Å²) in [6.07, 6.45) is 2.05. The monoisotopic (exact) mass is 312 g/mol. The van der Waals surface area contributed by atoms with E-state index < -0.39 is 10.0 Å². The summed E-state index contributed by atoms with van der Waals surface area (Å²) in [5.74, 6) is 0. The lowest BCUT2D eigenvalue weighted by Gasteiger charge is -2.37. The maximum absolute atomic E-state index is 12.2. The summed E-state index contributed by atoms with van der Waals surface area (Å²) in [6, 6.07) is 5.64. The Morgan fingerprint density at radius 2 is 1.90 bits per heavy atom. The van der Waals surface area contributed by atoms with Gasteiger partial charge in [0.2, 0.25) is 10.0 Å². The minimum atomic E-state index is -3.51. The van der Waals surface area contributed by atoms with Gasteiger partial charge in [-0.15, -0.1) is 0 Å². The summed E-state index contributed by atoms with van der Waals surface area (Å²) in [6.45, 7) is 1.69. The van der Waals surface area contributed by atoms with Gasteiger partial charge >= 0.3 is 0 Å². The lowest BCUT2D eigenvalue weighted by molar-refractivity contribution is 0.249. The van der Waals surface area contributed by atoms with Crippen LogP contribution in [0.5, 0.6) is 0 Å². The molecule has 7 heteroatoms. The highest BCUT2D eigenvalue weighted by Gasteiger charge is 2.25. The van der Waals surface area contributed by atoms with Gasteiger partial charge in [-0.05, 0) is 52.2 Å². The maximum Gasteiger partial charge on any atom is 0.242 e. The fraction of sp³-hybridized carbons (Fsp3) is 0.571. The van der Waals surface area contributed by atoms with Crippen molar-refractivity contribution in [2.45, 2.75) is 23.8 Å². The second-order valence-corrected chi connectivity index (χ2v) is 7.47. The smallest absolute Gasteiger partial charge is 0.242 e. The third-order valence-electron chi connectivity index (χ3n) is 4.08. The van der Waals surface area contributed by atoms with Crippen molar-refractivity contribution in [3.63, 3.8) is 0 Å². The zero-order valence-electron chi connectivity index (χ0n) is 12.8. The molecule has 21 heavy (non-hydrogen) atoms. The predicted molar refractivity (Wildman–Crippen MR) is 86.0 cm³/mol. The number of hydrogen-bond acceptors (Lipinski definition) is 5. The molecule has 2 rings (SSSR count). The number of benzene rings is 1. The van der Waals surface area contributed by atoms with Crippen LogP contribution in [0, 0.1) is 0 Å². The number of rotatable bonds is 4. The molecule has 0 aromatic heterocycles. The summed E-state index contributed by atoms with van der Waals surface area (Å²) in [4.78, 5) is 4.61. The largest absolute Gasteiger partial charge is 0.399 e. The third kappa shape index (κ3) is 3.48. The van der Waals surface area contributed by atoms with E-state index in [1.807, 2.05) is 0 Å². The van der Waals surface area contributed by atoms with E-state index in [9.17, 15) is 8.42 Å². The van der Waals surface area contributed by atoms with Gasteiger partial charge in [-0.2, -0.15) is 0 Å². The van der Waals surface area contributed by atoms with E-state index in [1.165, 1.54) is 13.1 Å². The molecule has 0 amide bonds. The Balaban J connectivity index is 2.29. The predicted octanol–water partition coefficient (Wildman–Crippen LogP) is 0.707. The average Bonchev–Trinajstić information content (AvgIpc) is 2.47. The van der Waals surface area contributed by atoms with Crippen LogP contribution in [0.15, 0.2) is 23.1 Å². The highest BCUT2D eigenvalue weighted by molar-refractivity contribution is 7.89. The minimum Gasteiger partial charge on any atom is -0.399 e. The molecule has 0 radical (unpaired) electrons. The number of nitrogens with two attached hydrogens (primary N) is 1. The quantitative estimate of drug-likeness (QED) is 0.801. The summed E-state index contributed by atoms with van der Waals surface area (Å²) in [5, 5.41) is 0. The molecular weight excluding hydrogens is 288 g/mol. The third-order valence-corrected chi connectivity index (χ3v) is 5.52. The molecule has 0 saturated carbocycles. The van der Waals surface area contributed by atoms with Gasteiger partial charge in [-0.25, -0.2) is 13.1 Å². The first-order valence-corrected chi connectivity index (χ1v) is 8.58. The number of hydrogen-bond donors (Lipinski definition) is 2. The van der Waals surface area contributed by atoms with Gasteiger partial charge in [0.25, 0.3) is 0 Å². The highest BCUT2D eigenvalue weighted by Crippen LogP contribution is 2.30. The van der Waals surface area contributed by atoms with E-state index in [0.717, 1.165) is 31.6 Å². The van der Waals surface area contributed by atoms with Gasteiger partial charge < -0.3 is 15.5 Å². The number of nitrogen functional groups attached to an aromatic ring is 1. The molecule has 1 heterocycles. The molecule has 0 spiro atoms. The van der Waals surface area contributed by atoms with Crippen LogP contribution in [-0.2, 0) is 10.0 Å². The van der Waals surface area contributed by atoms with Gasteiger partial charge in [0.15, 0.2) is 0 Å². The highest BCUT2D eigenvalue weighted by atomic mass is 32.2. The first kappa shape index (κ1) is 16.1. The van der Waals surface area contributed by atoms with Crippen molar-refractivity contribution >= 4 is 21.4 Å². The van der Waals surface area contributed by atoms with Gasteiger partial charge in [-0.3, -0.25) is 0 Å². The van der Waals surface area contributed by atoms with Crippen molar-refractivity contribution < 1.29 is 8.42 Å². The molecule has 0 unspecified atom stereocenters. The molecule has 0 bridgehead atoms. The van der Waals surface area contributed by atoms with Gasteiger partial charge in [0.1, 0.15) is 4.90 Å². The summed E-state index contributed by atoms with van der Waals surface area (Å²) in [7, 11) is 2.07. The minimum absolute atomic E-state index is 0.258. The molecular formula is C14H24N4O2S. The first-order valence-electron chi connectivity index (χ1n) is 7.09. The maximum atomic E-state index is 12.2. The Labute approximate surface area is 127 Å². The molecule has 1 aliphatic heterocycles. The van der Waals surface area contributed by atoms with Gasteiger partial charge in [0.05, 0.1) is 5.69 Å². The van der Waals surface area contributed by atoms with E-state index in [-0.39, 0.29) is 4.90 Å². The number of anilines is 2. The lowest BCUT2D eigenvalue weighted by Crippen LogP contribution is -2.42. The van der Waals surface area contributed by atoms with Crippen LogP contribution in [-0.4, -0.2) is 53.6 Å². The van der Waals surface area contributed by atoms with E-state index >= 15 is 0 Å². The fourth-order valence-corrected chi connectivity index (χ4v) is 3.72. The van der Waals surface area contributed by atoms with Crippen molar-refractivity contribution in [2.75, 3.05) is 44.9 Å². The van der Waals surface area contributed by atoms with E-state index in [4.69, 9.17) is 5.73 Å². The topological polar surface area (TPSA) is 78.7 Å². The number of piperidine rings is 1. The molecule has 3 N–H and O–H groups in total. The second kappa shape index (κ2) is 6.21. The lowest BCUT2D eigenvalue weighted by atomic mass is 10.0. The summed E-state index contributed by atoms with van der Waals surface area (Å²) >= 11 is 0. The van der Waals surface area contributed by atoms with Crippen LogP contribution in [0.1, 0.15) is 12.8 Å². The molecule has 1 fully saturated rings. The Bertz CT molecular complexity index is 593. The zero-order chi connectivity index (χ0) is 15.6. The van der Waals surface area contributed by atoms with Gasteiger partial charge in [0, 0.05) is 24.8 Å². The SMILES string of the molecule is CNS(=O)(=O)c1cc(N)ccc1N1CCC(N(C)C)CC1. The first-order chi connectivity index (χ1) is 9.85. The normalized spacial score (nSPS) is 17.4. The summed E-state index contributed by atoms with van der Waals surface area (Å²) in [5.41, 5.74) is 6.94. The van der Waals surface area contributed by atoms with Crippen LogP contribution in [0.4, 0.5) is 11.4 Å². The van der Waals surface area contributed by atoms with Crippen molar-refractivity contribution in [3.05, 3.63) is 18.2 Å². The molecule has 118 valence electrons. The molecule has 0 aliphatic carbocycles. The molecule has 1 aliphatic rings. The van der Waals surface area contributed by atoms with Crippen molar-refractivity contribution in [1.29, 1.82) is 0 Å². The Kier molecular flexibility index (Phi) is 4.75. The molecule has 0 atom stereocenters. The number of nitrogens with one attached hydrogen (secondary N) is 1. The zero-order valence-corrected chi connectivity index (χ0v) is 13.7. The van der Waals surface area contributed by atoms with E-state index in [2.05, 4.69) is 28.6 Å². The average molecular weight is 312 g/mol. The number of nitrogens with zero attached hydrogens (tertiary/aromatic N) is 2. The van der Waals surface area contributed by atoms with Crippen LogP contribution in [0.25, 0.3) is 0 Å². The standard InChI is InChI=1S/C14H24N4O2S/c1-16-21(19,20)14-10-11(15)4-5-13(14)18-8-6-12(7-9-18)17(2)3/h4-5,10,12,16H,6-9,15H2,1-3H3. The Hall–Kier alpha value is -1.31. The van der Waals surface area contributed by atoms with Crippen molar-refractivity contribution in [1.82, 2.24) is 9.62 Å². The number of sulfonamides is 1. The van der Waals surface area contributed by atoms with Crippen molar-refractivity contribution in [3.8, 4) is 0 Å². The summed E-state index contributed by atoms with van der Waals surface area (Å²) < 4.78 is 26.7. The molecule has 1 saturated heterocycles. The van der Waals surface area contributed by atoms with E-state index in [0.29, 0.717) is 11.7 Å². The van der Waals surface area contributed by atoms with Crippen LogP contribution in [0.3, 0.4) is 0 Å². The van der Waals surface area contributed by atoms with Gasteiger partial charge in [-0.1, -0.05) is 0 Å². The molecule has 6 nitrogen and oxygen atoms in total. The molecule has 1 aromatic carbocycles.